The van der Waals surface area contributed by atoms with Crippen LogP contribution in [0.5, 0.6) is 0 Å². The minimum atomic E-state index is -0.462. The monoisotopic (exact) mass is 336 g/mol. The molecule has 0 atom stereocenters. The first kappa shape index (κ1) is 14.6. The molecule has 0 spiro atoms. The number of thioether (sulfide) groups is 1. The van der Waals surface area contributed by atoms with Gasteiger partial charge in [0.15, 0.2) is 5.84 Å². The van der Waals surface area contributed by atoms with Crippen LogP contribution in [-0.2, 0) is 4.79 Å². The number of rotatable bonds is 2. The fourth-order valence-electron chi connectivity index (χ4n) is 2.32. The van der Waals surface area contributed by atoms with Crippen molar-refractivity contribution in [3.05, 3.63) is 65.1 Å². The van der Waals surface area contributed by atoms with Gasteiger partial charge in [-0.05, 0) is 36.9 Å². The van der Waals surface area contributed by atoms with Gasteiger partial charge in [0.1, 0.15) is 10.8 Å². The smallest absolute Gasteiger partial charge is 0.283 e. The standard InChI is InChI=1S/C17H12N4O2S/c1-10-4-6-11(7-5-10)16-20-21-14(18)13(9-12-3-2-8-23-12)15(22)19-17(21)24-16/h2-9,18H,1H3. The van der Waals surface area contributed by atoms with Crippen molar-refractivity contribution < 1.29 is 9.21 Å². The average molecular weight is 336 g/mol. The second-order valence-corrected chi connectivity index (χ2v) is 6.26. The van der Waals surface area contributed by atoms with Gasteiger partial charge in [0.2, 0.25) is 5.17 Å². The van der Waals surface area contributed by atoms with E-state index in [-0.39, 0.29) is 11.4 Å². The van der Waals surface area contributed by atoms with Crippen LogP contribution in [0, 0.1) is 12.3 Å². The van der Waals surface area contributed by atoms with Crippen molar-refractivity contribution in [2.24, 2.45) is 10.1 Å². The zero-order valence-corrected chi connectivity index (χ0v) is 13.5. The summed E-state index contributed by atoms with van der Waals surface area (Å²) in [5, 5.41) is 15.2. The lowest BCUT2D eigenvalue weighted by Gasteiger charge is -2.19. The second kappa shape index (κ2) is 5.61. The Labute approximate surface area is 142 Å². The van der Waals surface area contributed by atoms with E-state index in [9.17, 15) is 4.79 Å². The number of carbonyl (C=O) groups excluding carboxylic acids is 1. The van der Waals surface area contributed by atoms with Crippen molar-refractivity contribution >= 4 is 39.8 Å². The van der Waals surface area contributed by atoms with E-state index in [1.807, 2.05) is 31.2 Å². The number of nitrogens with one attached hydrogen (secondary N) is 1. The third kappa shape index (κ3) is 2.48. The Morgan fingerprint density at radius 1 is 1.25 bits per heavy atom. The molecular weight excluding hydrogens is 324 g/mol. The number of aliphatic imine (C=N–C) groups is 1. The van der Waals surface area contributed by atoms with Crippen LogP contribution in [-0.4, -0.2) is 27.0 Å². The number of fused-ring (bicyclic) bond motifs is 1. The molecule has 6 nitrogen and oxygen atoms in total. The molecule has 118 valence electrons. The van der Waals surface area contributed by atoms with Crippen molar-refractivity contribution in [1.29, 1.82) is 5.41 Å². The molecule has 1 amide bonds. The molecule has 2 aliphatic heterocycles. The molecule has 2 aliphatic rings. The molecule has 0 bridgehead atoms. The highest BCUT2D eigenvalue weighted by Crippen LogP contribution is 2.30. The summed E-state index contributed by atoms with van der Waals surface area (Å²) in [6, 6.07) is 11.4. The van der Waals surface area contributed by atoms with Gasteiger partial charge < -0.3 is 4.42 Å². The van der Waals surface area contributed by atoms with E-state index < -0.39 is 5.91 Å². The van der Waals surface area contributed by atoms with Crippen molar-refractivity contribution in [3.8, 4) is 0 Å². The number of amides is 1. The molecule has 1 aromatic heterocycles. The van der Waals surface area contributed by atoms with Crippen LogP contribution >= 0.6 is 11.8 Å². The van der Waals surface area contributed by atoms with Crippen molar-refractivity contribution in [2.45, 2.75) is 6.92 Å². The maximum atomic E-state index is 12.2. The zero-order chi connectivity index (χ0) is 16.7. The predicted octanol–water partition coefficient (Wildman–Crippen LogP) is 3.26. The number of aryl methyl sites for hydroxylation is 1. The summed E-state index contributed by atoms with van der Waals surface area (Å²) in [6.07, 6.45) is 3.02. The van der Waals surface area contributed by atoms with Crippen LogP contribution in [0.3, 0.4) is 0 Å². The molecule has 4 rings (SSSR count). The third-order valence-corrected chi connectivity index (χ3v) is 4.54. The minimum Gasteiger partial charge on any atom is -0.465 e. The summed E-state index contributed by atoms with van der Waals surface area (Å²) >= 11 is 1.28. The van der Waals surface area contributed by atoms with Gasteiger partial charge in [-0.2, -0.15) is 15.1 Å². The van der Waals surface area contributed by atoms with Gasteiger partial charge in [-0.3, -0.25) is 10.2 Å². The van der Waals surface area contributed by atoms with Gasteiger partial charge in [-0.15, -0.1) is 0 Å². The van der Waals surface area contributed by atoms with Crippen LogP contribution in [0.15, 0.2) is 62.7 Å². The van der Waals surface area contributed by atoms with E-state index in [2.05, 4.69) is 10.1 Å². The van der Waals surface area contributed by atoms with Gasteiger partial charge >= 0.3 is 0 Å². The van der Waals surface area contributed by atoms with Gasteiger partial charge in [-0.1, -0.05) is 29.8 Å². The maximum absolute atomic E-state index is 12.2. The number of hydrazone groups is 1. The number of amidine groups is 2. The summed E-state index contributed by atoms with van der Waals surface area (Å²) < 4.78 is 5.21. The SMILES string of the molecule is Cc1ccc(C2=NN3C(=N)C(=Cc4ccco4)C(=O)N=C3S2)cc1. The molecule has 0 fully saturated rings. The van der Waals surface area contributed by atoms with E-state index in [0.29, 0.717) is 16.0 Å². The molecule has 24 heavy (non-hydrogen) atoms. The number of hydrogen-bond acceptors (Lipinski definition) is 5. The van der Waals surface area contributed by atoms with Crippen LogP contribution in [0.1, 0.15) is 16.9 Å². The van der Waals surface area contributed by atoms with Gasteiger partial charge in [0.05, 0.1) is 11.8 Å². The third-order valence-electron chi connectivity index (χ3n) is 3.58. The maximum Gasteiger partial charge on any atom is 0.283 e. The summed E-state index contributed by atoms with van der Waals surface area (Å²) in [5.74, 6) is 0.0304. The molecule has 1 N–H and O–H groups in total. The normalized spacial score (nSPS) is 18.7. The zero-order valence-electron chi connectivity index (χ0n) is 12.7. The number of carbonyl (C=O) groups is 1. The van der Waals surface area contributed by atoms with E-state index in [4.69, 9.17) is 9.83 Å². The van der Waals surface area contributed by atoms with E-state index in [0.717, 1.165) is 11.1 Å². The first-order chi connectivity index (χ1) is 11.6. The van der Waals surface area contributed by atoms with Crippen LogP contribution in [0.2, 0.25) is 0 Å². The average Bonchev–Trinajstić information content (AvgIpc) is 3.21. The molecule has 0 radical (unpaired) electrons. The van der Waals surface area contributed by atoms with Crippen molar-refractivity contribution in [1.82, 2.24) is 5.01 Å². The van der Waals surface area contributed by atoms with E-state index in [1.54, 1.807) is 12.1 Å². The Balaban J connectivity index is 1.70. The number of hydrogen-bond donors (Lipinski definition) is 1. The molecule has 0 aliphatic carbocycles. The lowest BCUT2D eigenvalue weighted by Crippen LogP contribution is -2.35. The molecule has 0 saturated carbocycles. The van der Waals surface area contributed by atoms with Crippen LogP contribution in [0.25, 0.3) is 6.08 Å². The Morgan fingerprint density at radius 3 is 2.75 bits per heavy atom. The quantitative estimate of drug-likeness (QED) is 0.854. The number of benzene rings is 1. The first-order valence-electron chi connectivity index (χ1n) is 7.22. The van der Waals surface area contributed by atoms with E-state index >= 15 is 0 Å². The molecule has 7 heteroatoms. The summed E-state index contributed by atoms with van der Waals surface area (Å²) in [6.45, 7) is 2.01. The topological polar surface area (TPSA) is 82.0 Å². The highest BCUT2D eigenvalue weighted by atomic mass is 32.2. The number of furan rings is 1. The first-order valence-corrected chi connectivity index (χ1v) is 8.04. The summed E-state index contributed by atoms with van der Waals surface area (Å²) in [4.78, 5) is 16.3. The molecule has 3 heterocycles. The summed E-state index contributed by atoms with van der Waals surface area (Å²) in [7, 11) is 0. The van der Waals surface area contributed by atoms with Gasteiger partial charge in [0, 0.05) is 5.56 Å². The molecule has 0 saturated heterocycles. The fraction of sp³-hybridized carbons (Fsp3) is 0.0588. The predicted molar refractivity (Wildman–Crippen MR) is 94.0 cm³/mol. The largest absolute Gasteiger partial charge is 0.465 e. The Hall–Kier alpha value is -2.93. The highest BCUT2D eigenvalue weighted by Gasteiger charge is 2.36. The van der Waals surface area contributed by atoms with Crippen LogP contribution in [0.4, 0.5) is 0 Å². The molecule has 2 aromatic rings. The van der Waals surface area contributed by atoms with Crippen LogP contribution < -0.4 is 0 Å². The lowest BCUT2D eigenvalue weighted by atomic mass is 10.1. The van der Waals surface area contributed by atoms with Crippen molar-refractivity contribution in [2.75, 3.05) is 0 Å². The minimum absolute atomic E-state index is 0.00369. The number of nitrogens with zero attached hydrogens (tertiary/aromatic N) is 3. The van der Waals surface area contributed by atoms with E-state index in [1.165, 1.54) is 29.1 Å². The van der Waals surface area contributed by atoms with Gasteiger partial charge in [0.25, 0.3) is 5.91 Å². The van der Waals surface area contributed by atoms with Crippen molar-refractivity contribution in [3.63, 3.8) is 0 Å². The molecular formula is C17H12N4O2S. The summed E-state index contributed by atoms with van der Waals surface area (Å²) in [5.41, 5.74) is 2.24. The Kier molecular flexibility index (Phi) is 3.42. The lowest BCUT2D eigenvalue weighted by molar-refractivity contribution is -0.114. The highest BCUT2D eigenvalue weighted by molar-refractivity contribution is 8.27. The second-order valence-electron chi connectivity index (χ2n) is 5.31. The Morgan fingerprint density at radius 2 is 2.04 bits per heavy atom. The fourth-order valence-corrected chi connectivity index (χ4v) is 3.22. The Bertz CT molecular complexity index is 924. The molecule has 0 unspecified atom stereocenters. The van der Waals surface area contributed by atoms with Gasteiger partial charge in [-0.25, -0.2) is 0 Å². The molecule has 1 aromatic carbocycles.